The van der Waals surface area contributed by atoms with Crippen LogP contribution >= 0.6 is 0 Å². The standard InChI is InChI=1S/C32H44N4O5/c1-5-7-9-14-20-28(37)34-29(24(3)4)30(38)33-27(23-25-17-12-11-13-18-25)31(39)36-21-16-19-26(35-36)32(40)41-22-15-10-8-6-2/h5-13,17-18,24,26-27,29,35H,1-2,14-16,19-23H2,3-4H3,(H,33,38)(H,34,37)/b9-7+,10-8+/t26-,27-,29-/m0/s1. The molecule has 1 heterocycles. The lowest BCUT2D eigenvalue weighted by Gasteiger charge is -2.35. The first-order valence-electron chi connectivity index (χ1n) is 14.2. The Morgan fingerprint density at radius 2 is 1.73 bits per heavy atom. The van der Waals surface area contributed by atoms with Crippen LogP contribution in [0.2, 0.25) is 0 Å². The molecule has 3 amide bonds. The maximum absolute atomic E-state index is 13.7. The molecule has 0 aliphatic carbocycles. The molecule has 0 radical (unpaired) electrons. The molecule has 0 spiro atoms. The molecule has 9 heteroatoms. The van der Waals surface area contributed by atoms with Crippen molar-refractivity contribution in [2.45, 2.75) is 70.5 Å². The minimum Gasteiger partial charge on any atom is -0.464 e. The van der Waals surface area contributed by atoms with E-state index in [1.54, 1.807) is 24.3 Å². The van der Waals surface area contributed by atoms with Gasteiger partial charge in [-0.15, -0.1) is 0 Å². The number of hydrogen-bond acceptors (Lipinski definition) is 6. The summed E-state index contributed by atoms with van der Waals surface area (Å²) in [7, 11) is 0. The lowest BCUT2D eigenvalue weighted by Crippen LogP contribution is -2.62. The van der Waals surface area contributed by atoms with Crippen LogP contribution in [0, 0.1) is 5.92 Å². The number of esters is 1. The van der Waals surface area contributed by atoms with E-state index in [9.17, 15) is 19.2 Å². The maximum atomic E-state index is 13.7. The van der Waals surface area contributed by atoms with Gasteiger partial charge >= 0.3 is 5.97 Å². The molecule has 3 N–H and O–H groups in total. The van der Waals surface area contributed by atoms with E-state index in [1.807, 2.05) is 56.3 Å². The third-order valence-electron chi connectivity index (χ3n) is 6.51. The van der Waals surface area contributed by atoms with Gasteiger partial charge in [-0.2, -0.15) is 0 Å². The van der Waals surface area contributed by atoms with Crippen LogP contribution in [0.3, 0.4) is 0 Å². The number of hydrogen-bond donors (Lipinski definition) is 3. The Bertz CT molecular complexity index is 1080. The Labute approximate surface area is 243 Å². The average molecular weight is 565 g/mol. The predicted octanol–water partition coefficient (Wildman–Crippen LogP) is 3.55. The number of amides is 3. The van der Waals surface area contributed by atoms with Gasteiger partial charge in [-0.1, -0.05) is 93.8 Å². The summed E-state index contributed by atoms with van der Waals surface area (Å²) in [4.78, 5) is 52.3. The highest BCUT2D eigenvalue weighted by molar-refractivity contribution is 5.92. The van der Waals surface area contributed by atoms with Gasteiger partial charge < -0.3 is 15.4 Å². The molecule has 1 aromatic carbocycles. The molecule has 222 valence electrons. The molecule has 0 bridgehead atoms. The van der Waals surface area contributed by atoms with E-state index < -0.39 is 30.0 Å². The summed E-state index contributed by atoms with van der Waals surface area (Å²) in [6.45, 7) is 11.5. The van der Waals surface area contributed by atoms with E-state index in [1.165, 1.54) is 5.01 Å². The summed E-state index contributed by atoms with van der Waals surface area (Å²) in [5.41, 5.74) is 3.87. The van der Waals surface area contributed by atoms with Crippen molar-refractivity contribution >= 4 is 23.7 Å². The number of allylic oxidation sites excluding steroid dienone is 5. The fourth-order valence-electron chi connectivity index (χ4n) is 4.32. The van der Waals surface area contributed by atoms with E-state index in [-0.39, 0.29) is 37.2 Å². The first kappa shape index (κ1) is 33.2. The van der Waals surface area contributed by atoms with Crippen molar-refractivity contribution in [3.8, 4) is 0 Å². The second kappa shape index (κ2) is 18.4. The van der Waals surface area contributed by atoms with Gasteiger partial charge in [-0.05, 0) is 37.2 Å². The first-order chi connectivity index (χ1) is 19.8. The van der Waals surface area contributed by atoms with Crippen molar-refractivity contribution in [3.05, 3.63) is 85.5 Å². The van der Waals surface area contributed by atoms with Crippen molar-refractivity contribution < 1.29 is 23.9 Å². The van der Waals surface area contributed by atoms with Crippen LogP contribution in [0.1, 0.15) is 51.5 Å². The van der Waals surface area contributed by atoms with Crippen LogP contribution in [0.25, 0.3) is 0 Å². The maximum Gasteiger partial charge on any atom is 0.324 e. The molecular formula is C32H44N4O5. The van der Waals surface area contributed by atoms with Crippen LogP contribution in [0.15, 0.2) is 79.9 Å². The second-order valence-corrected chi connectivity index (χ2v) is 10.2. The van der Waals surface area contributed by atoms with Gasteiger partial charge in [0.2, 0.25) is 11.8 Å². The first-order valence-corrected chi connectivity index (χ1v) is 14.2. The number of nitrogens with zero attached hydrogens (tertiary/aromatic N) is 1. The Hall–Kier alpha value is -3.98. The highest BCUT2D eigenvalue weighted by Crippen LogP contribution is 2.14. The third kappa shape index (κ3) is 12.0. The molecule has 2 rings (SSSR count). The van der Waals surface area contributed by atoms with Crippen LogP contribution in [0.5, 0.6) is 0 Å². The van der Waals surface area contributed by atoms with Crippen LogP contribution in [-0.4, -0.2) is 60.0 Å². The van der Waals surface area contributed by atoms with Gasteiger partial charge in [-0.25, -0.2) is 5.43 Å². The largest absolute Gasteiger partial charge is 0.464 e. The minimum atomic E-state index is -0.912. The van der Waals surface area contributed by atoms with E-state index in [0.717, 1.165) is 5.56 Å². The topological polar surface area (TPSA) is 117 Å². The zero-order valence-electron chi connectivity index (χ0n) is 24.2. The van der Waals surface area contributed by atoms with Crippen molar-refractivity contribution in [1.29, 1.82) is 0 Å². The van der Waals surface area contributed by atoms with Crippen molar-refractivity contribution in [3.63, 3.8) is 0 Å². The molecule has 0 aromatic heterocycles. The van der Waals surface area contributed by atoms with Gasteiger partial charge in [0.1, 0.15) is 18.1 Å². The molecule has 1 aromatic rings. The highest BCUT2D eigenvalue weighted by atomic mass is 16.5. The average Bonchev–Trinajstić information content (AvgIpc) is 2.97. The van der Waals surface area contributed by atoms with Gasteiger partial charge in [0, 0.05) is 19.4 Å². The number of hydrazine groups is 1. The molecule has 1 saturated heterocycles. The minimum absolute atomic E-state index is 0.205. The van der Waals surface area contributed by atoms with Gasteiger partial charge in [0.15, 0.2) is 0 Å². The summed E-state index contributed by atoms with van der Waals surface area (Å²) in [6, 6.07) is 6.99. The summed E-state index contributed by atoms with van der Waals surface area (Å²) in [5.74, 6) is -1.69. The third-order valence-corrected chi connectivity index (χ3v) is 6.51. The Balaban J connectivity index is 2.12. The number of carbonyl (C=O) groups is 4. The molecular weight excluding hydrogens is 520 g/mol. The summed E-state index contributed by atoms with van der Waals surface area (Å²) < 4.78 is 5.37. The predicted molar refractivity (Wildman–Crippen MR) is 160 cm³/mol. The highest BCUT2D eigenvalue weighted by Gasteiger charge is 2.35. The fraction of sp³-hybridized carbons (Fsp3) is 0.438. The molecule has 1 fully saturated rings. The number of nitrogens with one attached hydrogen (secondary N) is 3. The summed E-state index contributed by atoms with van der Waals surface area (Å²) in [6.07, 6.45) is 13.2. The van der Waals surface area contributed by atoms with Gasteiger partial charge in [0.25, 0.3) is 5.91 Å². The Kier molecular flexibility index (Phi) is 14.9. The second-order valence-electron chi connectivity index (χ2n) is 10.2. The van der Waals surface area contributed by atoms with Gasteiger partial charge in [-0.3, -0.25) is 24.2 Å². The molecule has 0 unspecified atom stereocenters. The molecule has 1 aliphatic rings. The zero-order chi connectivity index (χ0) is 30.0. The molecule has 3 atom stereocenters. The van der Waals surface area contributed by atoms with Crippen molar-refractivity contribution in [1.82, 2.24) is 21.1 Å². The molecule has 1 aliphatic heterocycles. The smallest absolute Gasteiger partial charge is 0.324 e. The summed E-state index contributed by atoms with van der Waals surface area (Å²) >= 11 is 0. The van der Waals surface area contributed by atoms with Crippen LogP contribution in [-0.2, 0) is 30.3 Å². The molecule has 9 nitrogen and oxygen atoms in total. The molecule has 41 heavy (non-hydrogen) atoms. The normalized spacial score (nSPS) is 16.8. The number of ether oxygens (including phenoxy) is 1. The lowest BCUT2D eigenvalue weighted by atomic mass is 10.00. The SMILES string of the molecule is C=C/C=C/CCOC(=O)[C@@H]1CCCN(C(=O)[C@H](Cc2ccccc2)NC(=O)[C@@H](NC(=O)CC/C=C/C=C)C(C)C)N1. The van der Waals surface area contributed by atoms with Gasteiger partial charge in [0.05, 0.1) is 6.61 Å². The number of rotatable bonds is 16. The number of carbonyl (C=O) groups excluding carboxylic acids is 4. The van der Waals surface area contributed by atoms with E-state index in [4.69, 9.17) is 4.74 Å². The Morgan fingerprint density at radius 1 is 1.05 bits per heavy atom. The lowest BCUT2D eigenvalue weighted by molar-refractivity contribution is -0.153. The zero-order valence-corrected chi connectivity index (χ0v) is 24.2. The van der Waals surface area contributed by atoms with Crippen molar-refractivity contribution in [2.75, 3.05) is 13.2 Å². The monoisotopic (exact) mass is 564 g/mol. The fourth-order valence-corrected chi connectivity index (χ4v) is 4.32. The molecule has 0 saturated carbocycles. The summed E-state index contributed by atoms with van der Waals surface area (Å²) in [5, 5.41) is 7.09. The van der Waals surface area contributed by atoms with Crippen molar-refractivity contribution in [2.24, 2.45) is 5.92 Å². The van der Waals surface area contributed by atoms with Crippen LogP contribution in [0.4, 0.5) is 0 Å². The van der Waals surface area contributed by atoms with E-state index in [0.29, 0.717) is 32.2 Å². The van der Waals surface area contributed by atoms with E-state index >= 15 is 0 Å². The van der Waals surface area contributed by atoms with E-state index in [2.05, 4.69) is 29.2 Å². The number of benzene rings is 1. The Morgan fingerprint density at radius 3 is 2.39 bits per heavy atom. The quantitative estimate of drug-likeness (QED) is 0.161. The van der Waals surface area contributed by atoms with Crippen LogP contribution < -0.4 is 16.1 Å².